The van der Waals surface area contributed by atoms with Crippen LogP contribution in [-0.4, -0.2) is 46.6 Å². The zero-order chi connectivity index (χ0) is 9.35. The molecule has 5 heteroatoms. The normalized spacial score (nSPS) is 49.2. The van der Waals surface area contributed by atoms with E-state index in [1.165, 1.54) is 7.05 Å². The Kier molecular flexibility index (Phi) is 2.70. The van der Waals surface area contributed by atoms with Gasteiger partial charge in [-0.25, -0.2) is 0 Å². The number of hydrogen-bond donors (Lipinski definition) is 4. The van der Waals surface area contributed by atoms with Gasteiger partial charge in [0.2, 0.25) is 0 Å². The minimum atomic E-state index is -1.46. The van der Waals surface area contributed by atoms with Gasteiger partial charge in [0.15, 0.2) is 12.0 Å². The summed E-state index contributed by atoms with van der Waals surface area (Å²) in [6.45, 7) is 1.59. The summed E-state index contributed by atoms with van der Waals surface area (Å²) in [6, 6.07) is 0. The molecule has 0 spiro atoms. The van der Waals surface area contributed by atoms with Crippen LogP contribution in [0.3, 0.4) is 0 Å². The Labute approximate surface area is 71.0 Å². The van der Waals surface area contributed by atoms with Crippen LogP contribution in [0.5, 0.6) is 0 Å². The SMILES string of the molecule is CN[C@]1(O)[C@@H](O)C[C@@H](O)O[C@@H]1C. The van der Waals surface area contributed by atoms with Crippen molar-refractivity contribution in [2.45, 2.75) is 37.6 Å². The van der Waals surface area contributed by atoms with Crippen molar-refractivity contribution in [1.29, 1.82) is 0 Å². The van der Waals surface area contributed by atoms with Crippen molar-refractivity contribution in [2.75, 3.05) is 7.05 Å². The van der Waals surface area contributed by atoms with Crippen molar-refractivity contribution >= 4 is 0 Å². The Hall–Kier alpha value is -0.200. The second kappa shape index (κ2) is 3.27. The van der Waals surface area contributed by atoms with E-state index in [0.29, 0.717) is 0 Å². The summed E-state index contributed by atoms with van der Waals surface area (Å²) >= 11 is 0. The van der Waals surface area contributed by atoms with Gasteiger partial charge in [0.1, 0.15) is 12.2 Å². The van der Waals surface area contributed by atoms with Gasteiger partial charge in [-0.3, -0.25) is 5.32 Å². The number of aliphatic hydroxyl groups excluding tert-OH is 2. The van der Waals surface area contributed by atoms with Crippen molar-refractivity contribution in [3.63, 3.8) is 0 Å². The average Bonchev–Trinajstić information content (AvgIpc) is 2.00. The number of ether oxygens (including phenoxy) is 1. The molecule has 1 saturated heterocycles. The van der Waals surface area contributed by atoms with Gasteiger partial charge < -0.3 is 20.1 Å². The second-order valence-electron chi connectivity index (χ2n) is 3.06. The Morgan fingerprint density at radius 2 is 2.08 bits per heavy atom. The number of aliphatic hydroxyl groups is 3. The van der Waals surface area contributed by atoms with E-state index in [4.69, 9.17) is 9.84 Å². The number of hydrogen-bond acceptors (Lipinski definition) is 5. The molecule has 0 aliphatic carbocycles. The first kappa shape index (κ1) is 9.88. The molecule has 0 saturated carbocycles. The van der Waals surface area contributed by atoms with Crippen LogP contribution in [0.25, 0.3) is 0 Å². The summed E-state index contributed by atoms with van der Waals surface area (Å²) in [5.41, 5.74) is -1.46. The molecule has 0 radical (unpaired) electrons. The van der Waals surface area contributed by atoms with Crippen LogP contribution in [0.1, 0.15) is 13.3 Å². The summed E-state index contributed by atoms with van der Waals surface area (Å²) in [5.74, 6) is 0. The maximum absolute atomic E-state index is 9.74. The van der Waals surface area contributed by atoms with Crippen molar-refractivity contribution in [3.05, 3.63) is 0 Å². The van der Waals surface area contributed by atoms with Crippen molar-refractivity contribution in [1.82, 2.24) is 5.32 Å². The minimum Gasteiger partial charge on any atom is -0.388 e. The molecule has 0 aromatic carbocycles. The van der Waals surface area contributed by atoms with E-state index in [2.05, 4.69) is 5.32 Å². The summed E-state index contributed by atoms with van der Waals surface area (Å²) in [6.07, 6.45) is -2.63. The summed E-state index contributed by atoms with van der Waals surface area (Å²) < 4.78 is 4.95. The minimum absolute atomic E-state index is 0.0156. The van der Waals surface area contributed by atoms with Gasteiger partial charge in [-0.2, -0.15) is 0 Å². The zero-order valence-electron chi connectivity index (χ0n) is 7.19. The van der Waals surface area contributed by atoms with Gasteiger partial charge in [-0.1, -0.05) is 0 Å². The topological polar surface area (TPSA) is 82.0 Å². The lowest BCUT2D eigenvalue weighted by Gasteiger charge is -2.43. The predicted molar refractivity (Wildman–Crippen MR) is 41.2 cm³/mol. The van der Waals surface area contributed by atoms with Gasteiger partial charge in [0.05, 0.1) is 0 Å². The molecule has 72 valence electrons. The standard InChI is InChI=1S/C7H15NO4/c1-4-7(11,8-2)5(9)3-6(10)12-4/h4-6,8-11H,3H2,1-2H3/t4-,5+,6+,7-/m1/s1. The number of nitrogens with one attached hydrogen (secondary N) is 1. The van der Waals surface area contributed by atoms with Gasteiger partial charge >= 0.3 is 0 Å². The molecule has 5 nitrogen and oxygen atoms in total. The van der Waals surface area contributed by atoms with E-state index in [9.17, 15) is 10.2 Å². The van der Waals surface area contributed by atoms with Crippen LogP contribution in [0, 0.1) is 0 Å². The van der Waals surface area contributed by atoms with Gasteiger partial charge in [0, 0.05) is 6.42 Å². The van der Waals surface area contributed by atoms with E-state index >= 15 is 0 Å². The molecule has 4 N–H and O–H groups in total. The van der Waals surface area contributed by atoms with Crippen LogP contribution in [0.4, 0.5) is 0 Å². The molecule has 0 aromatic heterocycles. The second-order valence-corrected chi connectivity index (χ2v) is 3.06. The molecule has 1 aliphatic heterocycles. The lowest BCUT2D eigenvalue weighted by atomic mass is 9.95. The van der Waals surface area contributed by atoms with Crippen LogP contribution in [0.2, 0.25) is 0 Å². The lowest BCUT2D eigenvalue weighted by molar-refractivity contribution is -0.277. The maximum Gasteiger partial charge on any atom is 0.168 e. The molecule has 0 aromatic rings. The fourth-order valence-electron chi connectivity index (χ4n) is 1.41. The highest BCUT2D eigenvalue weighted by atomic mass is 16.6. The maximum atomic E-state index is 9.74. The Morgan fingerprint density at radius 1 is 1.50 bits per heavy atom. The molecule has 4 atom stereocenters. The largest absolute Gasteiger partial charge is 0.388 e. The lowest BCUT2D eigenvalue weighted by Crippen LogP contribution is -2.65. The molecule has 1 rings (SSSR count). The first-order valence-electron chi connectivity index (χ1n) is 3.93. The number of likely N-dealkylation sites (N-methyl/N-ethyl adjacent to an activating group) is 1. The Morgan fingerprint density at radius 3 is 2.50 bits per heavy atom. The van der Waals surface area contributed by atoms with Gasteiger partial charge in [-0.05, 0) is 14.0 Å². The molecular weight excluding hydrogens is 162 g/mol. The van der Waals surface area contributed by atoms with Gasteiger partial charge in [0.25, 0.3) is 0 Å². The van der Waals surface area contributed by atoms with E-state index in [0.717, 1.165) is 0 Å². The summed E-state index contributed by atoms with van der Waals surface area (Å²) in [5, 5.41) is 30.8. The van der Waals surface area contributed by atoms with E-state index in [1.807, 2.05) is 0 Å². The highest BCUT2D eigenvalue weighted by Gasteiger charge is 2.46. The van der Waals surface area contributed by atoms with Crippen molar-refractivity contribution < 1.29 is 20.1 Å². The molecule has 1 fully saturated rings. The predicted octanol–water partition coefficient (Wildman–Crippen LogP) is -1.62. The smallest absolute Gasteiger partial charge is 0.168 e. The monoisotopic (exact) mass is 177 g/mol. The van der Waals surface area contributed by atoms with E-state index in [1.54, 1.807) is 6.92 Å². The fourth-order valence-corrected chi connectivity index (χ4v) is 1.41. The first-order chi connectivity index (χ1) is 5.50. The third-order valence-electron chi connectivity index (χ3n) is 2.31. The van der Waals surface area contributed by atoms with Crippen LogP contribution >= 0.6 is 0 Å². The van der Waals surface area contributed by atoms with E-state index in [-0.39, 0.29) is 6.42 Å². The first-order valence-corrected chi connectivity index (χ1v) is 3.93. The zero-order valence-corrected chi connectivity index (χ0v) is 7.19. The summed E-state index contributed by atoms with van der Waals surface area (Å²) in [7, 11) is 1.53. The summed E-state index contributed by atoms with van der Waals surface area (Å²) in [4.78, 5) is 0. The highest BCUT2D eigenvalue weighted by Crippen LogP contribution is 2.25. The molecule has 0 amide bonds. The molecule has 12 heavy (non-hydrogen) atoms. The quantitative estimate of drug-likeness (QED) is 0.362. The van der Waals surface area contributed by atoms with E-state index < -0.39 is 24.2 Å². The van der Waals surface area contributed by atoms with Crippen molar-refractivity contribution in [3.8, 4) is 0 Å². The van der Waals surface area contributed by atoms with Crippen LogP contribution in [-0.2, 0) is 4.74 Å². The Bertz CT molecular complexity index is 151. The van der Waals surface area contributed by atoms with Crippen LogP contribution < -0.4 is 5.32 Å². The Balaban J connectivity index is 2.73. The van der Waals surface area contributed by atoms with Crippen LogP contribution in [0.15, 0.2) is 0 Å². The molecular formula is C7H15NO4. The third-order valence-corrected chi connectivity index (χ3v) is 2.31. The average molecular weight is 177 g/mol. The fraction of sp³-hybridized carbons (Fsp3) is 1.00. The van der Waals surface area contributed by atoms with Crippen molar-refractivity contribution in [2.24, 2.45) is 0 Å². The number of rotatable bonds is 1. The molecule has 0 bridgehead atoms. The highest BCUT2D eigenvalue weighted by molar-refractivity contribution is 4.92. The third kappa shape index (κ3) is 1.46. The molecule has 0 unspecified atom stereocenters. The molecule has 1 heterocycles. The molecule has 1 aliphatic rings. The van der Waals surface area contributed by atoms with Gasteiger partial charge in [-0.15, -0.1) is 0 Å².